The van der Waals surface area contributed by atoms with Crippen LogP contribution in [-0.2, 0) is 9.53 Å². The number of carboxylic acid groups (broad SMARTS) is 1. The molecule has 0 aliphatic carbocycles. The number of carbonyl (C=O) groups is 1. The molecule has 148 valence electrons. The highest BCUT2D eigenvalue weighted by atomic mass is 19.1. The highest BCUT2D eigenvalue weighted by molar-refractivity contribution is 6.15. The zero-order valence-corrected chi connectivity index (χ0v) is 15.9. The third kappa shape index (κ3) is 4.73. The fraction of sp³-hybridized carbons (Fsp3) is 0.0870. The summed E-state index contributed by atoms with van der Waals surface area (Å²) in [5, 5.41) is 9.43. The molecule has 0 atom stereocenters. The molecule has 1 N–H and O–H groups in total. The van der Waals surface area contributed by atoms with Crippen molar-refractivity contribution in [2.75, 3.05) is 7.11 Å². The first kappa shape index (κ1) is 19.9. The zero-order chi connectivity index (χ0) is 20.8. The summed E-state index contributed by atoms with van der Waals surface area (Å²) < 4.78 is 30.2. The molecule has 0 saturated carbocycles. The number of carboxylic acids is 1. The van der Waals surface area contributed by atoms with Crippen LogP contribution in [0.1, 0.15) is 11.1 Å². The predicted octanol–water partition coefficient (Wildman–Crippen LogP) is 5.79. The normalized spacial score (nSPS) is 11.1. The molecule has 5 nitrogen and oxygen atoms in total. The lowest BCUT2D eigenvalue weighted by Crippen LogP contribution is -2.03. The van der Waals surface area contributed by atoms with Gasteiger partial charge >= 0.3 is 5.97 Å². The monoisotopic (exact) mass is 394 g/mol. The molecule has 0 fully saturated rings. The van der Waals surface area contributed by atoms with E-state index in [0.717, 1.165) is 0 Å². The van der Waals surface area contributed by atoms with Crippen molar-refractivity contribution in [2.24, 2.45) is 0 Å². The van der Waals surface area contributed by atoms with Crippen LogP contribution in [-0.4, -0.2) is 18.2 Å². The molecule has 0 aliphatic rings. The van der Waals surface area contributed by atoms with Crippen LogP contribution in [0.4, 0.5) is 4.39 Å². The van der Waals surface area contributed by atoms with Gasteiger partial charge in [-0.25, -0.2) is 9.18 Å². The zero-order valence-electron chi connectivity index (χ0n) is 15.9. The number of hydrogen-bond acceptors (Lipinski definition) is 4. The Kier molecular flexibility index (Phi) is 6.14. The molecule has 6 heteroatoms. The van der Waals surface area contributed by atoms with Gasteiger partial charge in [-0.3, -0.25) is 0 Å². The molecule has 0 bridgehead atoms. The van der Waals surface area contributed by atoms with Crippen LogP contribution in [0.15, 0.2) is 73.0 Å². The van der Waals surface area contributed by atoms with Gasteiger partial charge in [0.1, 0.15) is 22.8 Å². The third-order valence-electron chi connectivity index (χ3n) is 4.14. The first-order valence-electron chi connectivity index (χ1n) is 8.76. The quantitative estimate of drug-likeness (QED) is 0.406. The summed E-state index contributed by atoms with van der Waals surface area (Å²) in [5.74, 6) is -0.105. The van der Waals surface area contributed by atoms with Crippen molar-refractivity contribution in [2.45, 2.75) is 6.92 Å². The van der Waals surface area contributed by atoms with Gasteiger partial charge in [0.15, 0.2) is 11.6 Å². The minimum absolute atomic E-state index is 0.0205. The lowest BCUT2D eigenvalue weighted by Gasteiger charge is -2.14. The maximum absolute atomic E-state index is 13.8. The Balaban J connectivity index is 1.87. The Morgan fingerprint density at radius 3 is 2.21 bits per heavy atom. The lowest BCUT2D eigenvalue weighted by atomic mass is 10.0. The fourth-order valence-corrected chi connectivity index (χ4v) is 2.75. The number of aliphatic carboxylic acids is 1. The SMILES string of the molecule is CO/C=C(/C(=O)O)c1cccc(Oc2cccc(Oc3ccccc3F)c2)c1C. The third-order valence-corrected chi connectivity index (χ3v) is 4.14. The van der Waals surface area contributed by atoms with Gasteiger partial charge in [0.05, 0.1) is 13.4 Å². The molecule has 0 radical (unpaired) electrons. The number of ether oxygens (including phenoxy) is 3. The molecule has 29 heavy (non-hydrogen) atoms. The number of hydrogen-bond donors (Lipinski definition) is 1. The van der Waals surface area contributed by atoms with E-state index in [9.17, 15) is 14.3 Å². The van der Waals surface area contributed by atoms with E-state index in [1.54, 1.807) is 61.5 Å². The van der Waals surface area contributed by atoms with Gasteiger partial charge < -0.3 is 19.3 Å². The van der Waals surface area contributed by atoms with Gasteiger partial charge in [0, 0.05) is 6.07 Å². The lowest BCUT2D eigenvalue weighted by molar-refractivity contribution is -0.130. The van der Waals surface area contributed by atoms with Crippen LogP contribution in [0.5, 0.6) is 23.0 Å². The number of halogens is 1. The van der Waals surface area contributed by atoms with Crippen LogP contribution < -0.4 is 9.47 Å². The molecule has 3 rings (SSSR count). The van der Waals surface area contributed by atoms with Crippen LogP contribution >= 0.6 is 0 Å². The van der Waals surface area contributed by atoms with Crippen molar-refractivity contribution in [3.8, 4) is 23.0 Å². The standard InChI is InChI=1S/C23H19FO5/c1-15-18(19(14-27-2)23(25)26)9-6-12-21(15)28-16-7-5-8-17(13-16)29-22-11-4-3-10-20(22)24/h3-14H,1-2H3,(H,25,26)/b19-14+. The number of para-hydroxylation sites is 1. The summed E-state index contributed by atoms with van der Waals surface area (Å²) in [6, 6.07) is 18.0. The summed E-state index contributed by atoms with van der Waals surface area (Å²) in [7, 11) is 1.39. The molecule has 0 saturated heterocycles. The Bertz CT molecular complexity index is 1060. The van der Waals surface area contributed by atoms with Crippen LogP contribution in [0.25, 0.3) is 5.57 Å². The van der Waals surface area contributed by atoms with Crippen LogP contribution in [0, 0.1) is 12.7 Å². The van der Waals surface area contributed by atoms with Crippen molar-refractivity contribution < 1.29 is 28.5 Å². The number of benzene rings is 3. The molecule has 0 amide bonds. The Morgan fingerprint density at radius 1 is 0.931 bits per heavy atom. The van der Waals surface area contributed by atoms with Crippen LogP contribution in [0.2, 0.25) is 0 Å². The average Bonchev–Trinajstić information content (AvgIpc) is 2.70. The second kappa shape index (κ2) is 8.93. The maximum Gasteiger partial charge on any atom is 0.339 e. The van der Waals surface area contributed by atoms with E-state index in [-0.39, 0.29) is 11.3 Å². The van der Waals surface area contributed by atoms with Crippen molar-refractivity contribution in [3.05, 3.63) is 89.9 Å². The topological polar surface area (TPSA) is 65.0 Å². The molecule has 0 heterocycles. The van der Waals surface area contributed by atoms with E-state index in [1.165, 1.54) is 25.5 Å². The second-order valence-corrected chi connectivity index (χ2v) is 6.11. The van der Waals surface area contributed by atoms with E-state index in [0.29, 0.717) is 28.4 Å². The molecule has 3 aromatic rings. The molecular weight excluding hydrogens is 375 g/mol. The Labute approximate surface area is 167 Å². The molecular formula is C23H19FO5. The number of methoxy groups -OCH3 is 1. The smallest absolute Gasteiger partial charge is 0.339 e. The van der Waals surface area contributed by atoms with Crippen molar-refractivity contribution >= 4 is 11.5 Å². The molecule has 0 spiro atoms. The molecule has 0 unspecified atom stereocenters. The van der Waals surface area contributed by atoms with Crippen molar-refractivity contribution in [1.29, 1.82) is 0 Å². The van der Waals surface area contributed by atoms with E-state index < -0.39 is 11.8 Å². The van der Waals surface area contributed by atoms with Crippen molar-refractivity contribution in [1.82, 2.24) is 0 Å². The maximum atomic E-state index is 13.8. The van der Waals surface area contributed by atoms with Gasteiger partial charge in [-0.15, -0.1) is 0 Å². The minimum Gasteiger partial charge on any atom is -0.503 e. The van der Waals surface area contributed by atoms with Gasteiger partial charge in [0.2, 0.25) is 0 Å². The molecule has 0 aliphatic heterocycles. The van der Waals surface area contributed by atoms with E-state index >= 15 is 0 Å². The summed E-state index contributed by atoms with van der Waals surface area (Å²) in [5.41, 5.74) is 1.14. The van der Waals surface area contributed by atoms with Gasteiger partial charge in [-0.2, -0.15) is 0 Å². The van der Waals surface area contributed by atoms with Crippen LogP contribution in [0.3, 0.4) is 0 Å². The first-order chi connectivity index (χ1) is 14.0. The first-order valence-corrected chi connectivity index (χ1v) is 8.76. The van der Waals surface area contributed by atoms with E-state index in [4.69, 9.17) is 14.2 Å². The van der Waals surface area contributed by atoms with Crippen molar-refractivity contribution in [3.63, 3.8) is 0 Å². The average molecular weight is 394 g/mol. The Morgan fingerprint density at radius 2 is 1.55 bits per heavy atom. The summed E-state index contributed by atoms with van der Waals surface area (Å²) in [6.07, 6.45) is 1.18. The van der Waals surface area contributed by atoms with Gasteiger partial charge in [-0.05, 0) is 48.4 Å². The number of rotatable bonds is 7. The Hall–Kier alpha value is -3.80. The molecule has 3 aromatic carbocycles. The fourth-order valence-electron chi connectivity index (χ4n) is 2.75. The summed E-state index contributed by atoms with van der Waals surface area (Å²) in [4.78, 5) is 11.5. The molecule has 0 aromatic heterocycles. The van der Waals surface area contributed by atoms with E-state index in [1.807, 2.05) is 0 Å². The largest absolute Gasteiger partial charge is 0.503 e. The van der Waals surface area contributed by atoms with Gasteiger partial charge in [0.25, 0.3) is 0 Å². The van der Waals surface area contributed by atoms with Gasteiger partial charge in [-0.1, -0.05) is 30.3 Å². The second-order valence-electron chi connectivity index (χ2n) is 6.11. The van der Waals surface area contributed by atoms with E-state index in [2.05, 4.69) is 0 Å². The summed E-state index contributed by atoms with van der Waals surface area (Å²) >= 11 is 0. The minimum atomic E-state index is -1.10. The highest BCUT2D eigenvalue weighted by Gasteiger charge is 2.16. The highest BCUT2D eigenvalue weighted by Crippen LogP contribution is 2.33. The predicted molar refractivity (Wildman–Crippen MR) is 107 cm³/mol. The summed E-state index contributed by atoms with van der Waals surface area (Å²) in [6.45, 7) is 1.76.